The number of rotatable bonds is 1. The van der Waals surface area contributed by atoms with Crippen molar-refractivity contribution in [2.75, 3.05) is 0 Å². The number of hydrogen-bond donors (Lipinski definition) is 1. The maximum Gasteiger partial charge on any atom is 0.267 e. The van der Waals surface area contributed by atoms with Crippen LogP contribution in [0.25, 0.3) is 0 Å². The Hall–Kier alpha value is -1.03. The van der Waals surface area contributed by atoms with Crippen LogP contribution in [0, 0.1) is 0 Å². The first-order valence-corrected chi connectivity index (χ1v) is 3.59. The Labute approximate surface area is 62.7 Å². The zero-order valence-electron chi connectivity index (χ0n) is 5.15. The largest absolute Gasteiger partial charge is 0.364 e. The third kappa shape index (κ3) is 1.73. The molecular weight excluding hydrogens is 148 g/mol. The Kier molecular flexibility index (Phi) is 2.28. The second kappa shape index (κ2) is 3.22. The average molecular weight is 154 g/mol. The summed E-state index contributed by atoms with van der Waals surface area (Å²) >= 11 is 1.38. The number of thioether (sulfide) groups is 1. The van der Waals surface area contributed by atoms with Gasteiger partial charge >= 0.3 is 0 Å². The normalized spacial score (nSPS) is 16.2. The number of primary amides is 1. The monoisotopic (exact) mass is 154 g/mol. The van der Waals surface area contributed by atoms with Gasteiger partial charge in [-0.05, 0) is 11.5 Å². The van der Waals surface area contributed by atoms with E-state index < -0.39 is 5.91 Å². The van der Waals surface area contributed by atoms with Crippen LogP contribution in [0.15, 0.2) is 27.6 Å². The maximum absolute atomic E-state index is 10.5. The minimum absolute atomic E-state index is 0.301. The van der Waals surface area contributed by atoms with E-state index in [0.29, 0.717) is 5.70 Å². The predicted octanol–water partition coefficient (Wildman–Crippen LogP) is 0.644. The topological polar surface area (TPSA) is 55.5 Å². The van der Waals surface area contributed by atoms with E-state index in [9.17, 15) is 4.79 Å². The summed E-state index contributed by atoms with van der Waals surface area (Å²) in [6.07, 6.45) is 3.29. The minimum Gasteiger partial charge on any atom is -0.364 e. The molecule has 1 aliphatic rings. The van der Waals surface area contributed by atoms with E-state index in [1.54, 1.807) is 11.5 Å². The number of amides is 1. The molecule has 4 heteroatoms. The number of allylic oxidation sites excluding steroid dienone is 1. The first-order valence-electron chi connectivity index (χ1n) is 2.65. The van der Waals surface area contributed by atoms with E-state index in [1.807, 2.05) is 5.41 Å². The summed E-state index contributed by atoms with van der Waals surface area (Å²) < 4.78 is 0. The number of carbonyl (C=O) groups excluding carboxylic acids is 1. The standard InChI is InChI=1S/C6H6N2OS/c7-6(9)5-4-10-3-1-2-8-5/h1-4H,(H2,7,9). The quantitative estimate of drug-likeness (QED) is 0.602. The molecule has 52 valence electrons. The van der Waals surface area contributed by atoms with Crippen molar-refractivity contribution >= 4 is 23.9 Å². The molecule has 0 spiro atoms. The second-order valence-electron chi connectivity index (χ2n) is 1.61. The highest BCUT2D eigenvalue weighted by atomic mass is 32.2. The Balaban J connectivity index is 2.78. The zero-order chi connectivity index (χ0) is 7.40. The molecule has 10 heavy (non-hydrogen) atoms. The first kappa shape index (κ1) is 7.08. The lowest BCUT2D eigenvalue weighted by atomic mass is 10.5. The molecular formula is C6H6N2OS. The van der Waals surface area contributed by atoms with Crippen LogP contribution < -0.4 is 5.73 Å². The minimum atomic E-state index is -0.493. The van der Waals surface area contributed by atoms with Gasteiger partial charge in [-0.25, -0.2) is 0 Å². The molecule has 0 fully saturated rings. The third-order valence-electron chi connectivity index (χ3n) is 0.889. The molecule has 1 heterocycles. The van der Waals surface area contributed by atoms with Crippen molar-refractivity contribution in [3.05, 3.63) is 22.6 Å². The fourth-order valence-corrected chi connectivity index (χ4v) is 1.01. The summed E-state index contributed by atoms with van der Waals surface area (Å²) in [6, 6.07) is 0. The van der Waals surface area contributed by atoms with Crippen LogP contribution in [0.2, 0.25) is 0 Å². The van der Waals surface area contributed by atoms with Gasteiger partial charge in [-0.15, -0.1) is 11.8 Å². The summed E-state index contributed by atoms with van der Waals surface area (Å²) in [5, 5.41) is 3.43. The molecule has 2 N–H and O–H groups in total. The Morgan fingerprint density at radius 1 is 1.70 bits per heavy atom. The zero-order valence-corrected chi connectivity index (χ0v) is 5.97. The van der Waals surface area contributed by atoms with Gasteiger partial charge in [-0.1, -0.05) is 0 Å². The van der Waals surface area contributed by atoms with E-state index in [-0.39, 0.29) is 0 Å². The smallest absolute Gasteiger partial charge is 0.267 e. The van der Waals surface area contributed by atoms with Crippen LogP contribution in [-0.4, -0.2) is 12.1 Å². The molecule has 0 saturated heterocycles. The first-order chi connectivity index (χ1) is 4.80. The van der Waals surface area contributed by atoms with Gasteiger partial charge in [-0.3, -0.25) is 9.79 Å². The van der Waals surface area contributed by atoms with Crippen molar-refractivity contribution in [1.29, 1.82) is 0 Å². The van der Waals surface area contributed by atoms with Crippen molar-refractivity contribution < 1.29 is 4.79 Å². The Bertz CT molecular complexity index is 230. The molecule has 1 amide bonds. The number of hydrogen-bond acceptors (Lipinski definition) is 3. The van der Waals surface area contributed by atoms with E-state index in [0.717, 1.165) is 0 Å². The molecule has 1 aliphatic heterocycles. The van der Waals surface area contributed by atoms with Gasteiger partial charge in [0.15, 0.2) is 0 Å². The van der Waals surface area contributed by atoms with Crippen molar-refractivity contribution in [3.8, 4) is 0 Å². The van der Waals surface area contributed by atoms with Crippen molar-refractivity contribution in [2.45, 2.75) is 0 Å². The molecule has 0 aromatic rings. The predicted molar refractivity (Wildman–Crippen MR) is 42.5 cm³/mol. The third-order valence-corrected chi connectivity index (χ3v) is 1.56. The Morgan fingerprint density at radius 2 is 2.50 bits per heavy atom. The van der Waals surface area contributed by atoms with Crippen molar-refractivity contribution in [2.24, 2.45) is 10.7 Å². The fourth-order valence-electron chi connectivity index (χ4n) is 0.460. The van der Waals surface area contributed by atoms with Crippen LogP contribution in [0.1, 0.15) is 0 Å². The SMILES string of the molecule is NC(=O)C1=CSC=CC=N1. The lowest BCUT2D eigenvalue weighted by Gasteiger charge is -1.89. The molecule has 3 nitrogen and oxygen atoms in total. The van der Waals surface area contributed by atoms with E-state index in [2.05, 4.69) is 4.99 Å². The van der Waals surface area contributed by atoms with Gasteiger partial charge in [0.1, 0.15) is 5.70 Å². The average Bonchev–Trinajstić information content (AvgIpc) is 2.12. The second-order valence-corrected chi connectivity index (χ2v) is 2.39. The van der Waals surface area contributed by atoms with E-state index in [1.165, 1.54) is 18.0 Å². The number of carbonyl (C=O) groups is 1. The molecule has 0 radical (unpaired) electrons. The van der Waals surface area contributed by atoms with Crippen LogP contribution in [0.3, 0.4) is 0 Å². The molecule has 0 aliphatic carbocycles. The van der Waals surface area contributed by atoms with Crippen LogP contribution in [0.5, 0.6) is 0 Å². The van der Waals surface area contributed by atoms with Gasteiger partial charge in [0.2, 0.25) is 0 Å². The number of nitrogens with two attached hydrogens (primary N) is 1. The van der Waals surface area contributed by atoms with Crippen LogP contribution in [-0.2, 0) is 4.79 Å². The van der Waals surface area contributed by atoms with Crippen LogP contribution in [0.4, 0.5) is 0 Å². The molecule has 0 aromatic carbocycles. The summed E-state index contributed by atoms with van der Waals surface area (Å²) in [4.78, 5) is 14.3. The number of aliphatic imine (C=N–C) groups is 1. The van der Waals surface area contributed by atoms with E-state index in [4.69, 9.17) is 5.73 Å². The van der Waals surface area contributed by atoms with Crippen molar-refractivity contribution in [3.63, 3.8) is 0 Å². The van der Waals surface area contributed by atoms with Crippen molar-refractivity contribution in [1.82, 2.24) is 0 Å². The number of nitrogens with zero attached hydrogens (tertiary/aromatic N) is 1. The molecule has 1 rings (SSSR count). The highest BCUT2D eigenvalue weighted by Crippen LogP contribution is 2.11. The summed E-state index contributed by atoms with van der Waals surface area (Å²) in [5.74, 6) is -0.493. The van der Waals surface area contributed by atoms with Gasteiger partial charge in [-0.2, -0.15) is 0 Å². The maximum atomic E-state index is 10.5. The molecule has 0 aromatic heterocycles. The fraction of sp³-hybridized carbons (Fsp3) is 0. The van der Waals surface area contributed by atoms with Crippen LogP contribution >= 0.6 is 11.8 Å². The molecule has 0 atom stereocenters. The van der Waals surface area contributed by atoms with Gasteiger partial charge < -0.3 is 5.73 Å². The molecule has 0 bridgehead atoms. The molecule has 0 unspecified atom stereocenters. The molecule has 0 saturated carbocycles. The van der Waals surface area contributed by atoms with Gasteiger partial charge in [0.25, 0.3) is 5.91 Å². The highest BCUT2D eigenvalue weighted by molar-refractivity contribution is 8.05. The lowest BCUT2D eigenvalue weighted by molar-refractivity contribution is -0.114. The summed E-state index contributed by atoms with van der Waals surface area (Å²) in [5.41, 5.74) is 5.28. The Morgan fingerprint density at radius 3 is 3.20 bits per heavy atom. The van der Waals surface area contributed by atoms with Gasteiger partial charge in [0, 0.05) is 11.6 Å². The summed E-state index contributed by atoms with van der Waals surface area (Å²) in [6.45, 7) is 0. The van der Waals surface area contributed by atoms with E-state index >= 15 is 0 Å². The highest BCUT2D eigenvalue weighted by Gasteiger charge is 2.00. The summed E-state index contributed by atoms with van der Waals surface area (Å²) in [7, 11) is 0. The lowest BCUT2D eigenvalue weighted by Crippen LogP contribution is -2.11. The van der Waals surface area contributed by atoms with Gasteiger partial charge in [0.05, 0.1) is 0 Å².